The molecule has 0 spiro atoms. The molecular weight excluding hydrogens is 230 g/mol. The molecule has 1 aliphatic rings. The van der Waals surface area contributed by atoms with Gasteiger partial charge in [-0.25, -0.2) is 0 Å². The first-order chi connectivity index (χ1) is 8.50. The molecule has 0 radical (unpaired) electrons. The third-order valence-electron chi connectivity index (χ3n) is 3.36. The first kappa shape index (κ1) is 12.7. The number of aromatic amines is 1. The summed E-state index contributed by atoms with van der Waals surface area (Å²) < 4.78 is 4.96. The maximum atomic E-state index is 12.0. The van der Waals surface area contributed by atoms with Crippen molar-refractivity contribution >= 4 is 5.91 Å². The monoisotopic (exact) mass is 247 g/mol. The van der Waals surface area contributed by atoms with Crippen LogP contribution in [0.4, 0.5) is 0 Å². The van der Waals surface area contributed by atoms with Crippen LogP contribution in [0.2, 0.25) is 0 Å². The minimum atomic E-state index is -0.980. The Morgan fingerprint density at radius 1 is 1.67 bits per heavy atom. The van der Waals surface area contributed by atoms with E-state index in [2.05, 4.69) is 10.3 Å². The van der Waals surface area contributed by atoms with Crippen LogP contribution in [-0.4, -0.2) is 30.6 Å². The molecule has 1 aliphatic heterocycles. The number of nitrogens with zero attached hydrogens (tertiary/aromatic N) is 1. The first-order valence-corrected chi connectivity index (χ1v) is 5.91. The van der Waals surface area contributed by atoms with E-state index in [9.17, 15) is 4.79 Å². The van der Waals surface area contributed by atoms with Crippen LogP contribution in [0.25, 0.3) is 0 Å². The number of H-pyrrole nitrogens is 1. The highest BCUT2D eigenvalue weighted by atomic mass is 16.5. The van der Waals surface area contributed by atoms with E-state index in [4.69, 9.17) is 10.00 Å². The second-order valence-corrected chi connectivity index (χ2v) is 5.34. The molecule has 1 saturated heterocycles. The summed E-state index contributed by atoms with van der Waals surface area (Å²) in [5, 5.41) is 11.9. The summed E-state index contributed by atoms with van der Waals surface area (Å²) >= 11 is 0. The standard InChI is InChI=1S/C13H17N3O2/c1-12(2,10-4-3-5-15-10)7-16-11(17)13(6-14)8-18-9-13/h3-5,15H,7-9H2,1-2H3,(H,16,17). The van der Waals surface area contributed by atoms with Crippen LogP contribution < -0.4 is 5.32 Å². The molecule has 1 aromatic rings. The fourth-order valence-electron chi connectivity index (χ4n) is 1.87. The van der Waals surface area contributed by atoms with Crippen molar-refractivity contribution in [2.24, 2.45) is 5.41 Å². The number of nitriles is 1. The van der Waals surface area contributed by atoms with E-state index in [1.807, 2.05) is 38.2 Å². The average Bonchev–Trinajstić information content (AvgIpc) is 2.80. The molecule has 1 fully saturated rings. The van der Waals surface area contributed by atoms with Crippen LogP contribution in [-0.2, 0) is 14.9 Å². The second-order valence-electron chi connectivity index (χ2n) is 5.34. The lowest BCUT2D eigenvalue weighted by Gasteiger charge is -2.34. The molecule has 96 valence electrons. The largest absolute Gasteiger partial charge is 0.377 e. The Kier molecular flexibility index (Phi) is 3.14. The zero-order chi connectivity index (χ0) is 13.2. The van der Waals surface area contributed by atoms with Crippen molar-refractivity contribution < 1.29 is 9.53 Å². The molecule has 0 atom stereocenters. The lowest BCUT2D eigenvalue weighted by molar-refractivity contribution is -0.150. The van der Waals surface area contributed by atoms with Crippen LogP contribution in [0.3, 0.4) is 0 Å². The maximum Gasteiger partial charge on any atom is 0.245 e. The molecule has 0 aliphatic carbocycles. The number of carbonyl (C=O) groups excluding carboxylic acids is 1. The molecule has 0 aromatic carbocycles. The summed E-state index contributed by atoms with van der Waals surface area (Å²) in [6.07, 6.45) is 1.86. The van der Waals surface area contributed by atoms with E-state index in [1.54, 1.807) is 0 Å². The smallest absolute Gasteiger partial charge is 0.245 e. The first-order valence-electron chi connectivity index (χ1n) is 5.91. The van der Waals surface area contributed by atoms with Crippen molar-refractivity contribution in [1.82, 2.24) is 10.3 Å². The fourth-order valence-corrected chi connectivity index (χ4v) is 1.87. The van der Waals surface area contributed by atoms with E-state index in [0.717, 1.165) is 5.69 Å². The van der Waals surface area contributed by atoms with E-state index in [1.165, 1.54) is 0 Å². The highest BCUT2D eigenvalue weighted by Crippen LogP contribution is 2.27. The average molecular weight is 247 g/mol. The number of amides is 1. The Morgan fingerprint density at radius 2 is 2.39 bits per heavy atom. The van der Waals surface area contributed by atoms with Crippen LogP contribution in [0.1, 0.15) is 19.5 Å². The minimum absolute atomic E-state index is 0.193. The lowest BCUT2D eigenvalue weighted by atomic mass is 9.85. The van der Waals surface area contributed by atoms with Crippen molar-refractivity contribution in [1.29, 1.82) is 5.26 Å². The molecule has 2 N–H and O–H groups in total. The molecule has 0 saturated carbocycles. The number of carbonyl (C=O) groups is 1. The lowest BCUT2D eigenvalue weighted by Crippen LogP contribution is -2.54. The van der Waals surface area contributed by atoms with Gasteiger partial charge in [0.15, 0.2) is 5.41 Å². The Labute approximate surface area is 106 Å². The number of aromatic nitrogens is 1. The van der Waals surface area contributed by atoms with E-state index >= 15 is 0 Å². The molecule has 5 nitrogen and oxygen atoms in total. The summed E-state index contributed by atoms with van der Waals surface area (Å²) in [5.41, 5.74) is -0.120. The second kappa shape index (κ2) is 4.46. The van der Waals surface area contributed by atoms with E-state index in [-0.39, 0.29) is 24.5 Å². The molecule has 0 unspecified atom stereocenters. The van der Waals surface area contributed by atoms with Gasteiger partial charge >= 0.3 is 0 Å². The van der Waals surface area contributed by atoms with Crippen molar-refractivity contribution in [3.8, 4) is 6.07 Å². The van der Waals surface area contributed by atoms with Gasteiger partial charge in [-0.15, -0.1) is 0 Å². The number of rotatable bonds is 4. The Morgan fingerprint density at radius 3 is 2.83 bits per heavy atom. The van der Waals surface area contributed by atoms with Crippen molar-refractivity contribution in [2.75, 3.05) is 19.8 Å². The van der Waals surface area contributed by atoms with Gasteiger partial charge in [-0.2, -0.15) is 5.26 Å². The van der Waals surface area contributed by atoms with Crippen LogP contribution in [0.15, 0.2) is 18.3 Å². The van der Waals surface area contributed by atoms with Crippen LogP contribution >= 0.6 is 0 Å². The highest BCUT2D eigenvalue weighted by molar-refractivity contribution is 5.86. The highest BCUT2D eigenvalue weighted by Gasteiger charge is 2.46. The zero-order valence-electron chi connectivity index (χ0n) is 10.6. The molecule has 2 rings (SSSR count). The van der Waals surface area contributed by atoms with Gasteiger partial charge in [0, 0.05) is 23.9 Å². The Bertz CT molecular complexity index is 467. The van der Waals surface area contributed by atoms with Gasteiger partial charge < -0.3 is 15.0 Å². The fraction of sp³-hybridized carbons (Fsp3) is 0.538. The quantitative estimate of drug-likeness (QED) is 0.831. The summed E-state index contributed by atoms with van der Waals surface area (Å²) in [7, 11) is 0. The topological polar surface area (TPSA) is 77.9 Å². The van der Waals surface area contributed by atoms with Gasteiger partial charge in [0.1, 0.15) is 0 Å². The number of ether oxygens (including phenoxy) is 1. The molecule has 5 heteroatoms. The summed E-state index contributed by atoms with van der Waals surface area (Å²) in [4.78, 5) is 15.1. The summed E-state index contributed by atoms with van der Waals surface area (Å²) in [5.74, 6) is -0.240. The SMILES string of the molecule is CC(C)(CNC(=O)C1(C#N)COC1)c1ccc[nH]1. The predicted octanol–water partition coefficient (Wildman–Crippen LogP) is 0.949. The van der Waals surface area contributed by atoms with E-state index < -0.39 is 5.41 Å². The summed E-state index contributed by atoms with van der Waals surface area (Å²) in [6, 6.07) is 5.95. The van der Waals surface area contributed by atoms with E-state index in [0.29, 0.717) is 6.54 Å². The zero-order valence-corrected chi connectivity index (χ0v) is 10.6. The van der Waals surface area contributed by atoms with Crippen molar-refractivity contribution in [3.05, 3.63) is 24.0 Å². The van der Waals surface area contributed by atoms with Crippen LogP contribution in [0.5, 0.6) is 0 Å². The number of nitrogens with one attached hydrogen (secondary N) is 2. The van der Waals surface area contributed by atoms with Gasteiger partial charge in [-0.05, 0) is 12.1 Å². The van der Waals surface area contributed by atoms with Gasteiger partial charge in [0.05, 0.1) is 19.3 Å². The maximum absolute atomic E-state index is 12.0. The van der Waals surface area contributed by atoms with Gasteiger partial charge in [0.2, 0.25) is 5.91 Å². The van der Waals surface area contributed by atoms with Crippen molar-refractivity contribution in [2.45, 2.75) is 19.3 Å². The van der Waals surface area contributed by atoms with Gasteiger partial charge in [0.25, 0.3) is 0 Å². The van der Waals surface area contributed by atoms with Gasteiger partial charge in [-0.3, -0.25) is 4.79 Å². The number of hydrogen-bond acceptors (Lipinski definition) is 3. The van der Waals surface area contributed by atoms with Crippen molar-refractivity contribution in [3.63, 3.8) is 0 Å². The third-order valence-corrected chi connectivity index (χ3v) is 3.36. The molecule has 2 heterocycles. The molecule has 18 heavy (non-hydrogen) atoms. The van der Waals surface area contributed by atoms with Gasteiger partial charge in [-0.1, -0.05) is 13.8 Å². The molecule has 1 amide bonds. The Hall–Kier alpha value is -1.80. The third kappa shape index (κ3) is 2.12. The Balaban J connectivity index is 1.96. The molecule has 0 bridgehead atoms. The molecule has 1 aromatic heterocycles. The summed E-state index contributed by atoms with van der Waals surface area (Å²) in [6.45, 7) is 4.94. The number of hydrogen-bond donors (Lipinski definition) is 2. The normalized spacial score (nSPS) is 17.6. The predicted molar refractivity (Wildman–Crippen MR) is 65.7 cm³/mol. The minimum Gasteiger partial charge on any atom is -0.377 e. The molecular formula is C13H17N3O2. The van der Waals surface area contributed by atoms with Crippen LogP contribution in [0, 0.1) is 16.7 Å².